The van der Waals surface area contributed by atoms with Gasteiger partial charge in [0.1, 0.15) is 5.01 Å². The molecule has 9 heteroatoms. The van der Waals surface area contributed by atoms with Gasteiger partial charge < -0.3 is 9.47 Å². The average molecular weight is 445 g/mol. The van der Waals surface area contributed by atoms with Gasteiger partial charge in [-0.1, -0.05) is 23.4 Å². The number of aromatic nitrogens is 4. The van der Waals surface area contributed by atoms with Crippen LogP contribution in [0.4, 0.5) is 0 Å². The van der Waals surface area contributed by atoms with Crippen LogP contribution in [0, 0.1) is 0 Å². The number of hydrogen-bond donors (Lipinski definition) is 1. The van der Waals surface area contributed by atoms with Crippen LogP contribution in [0.1, 0.15) is 5.69 Å². The summed E-state index contributed by atoms with van der Waals surface area (Å²) in [6.07, 6.45) is 0. The Morgan fingerprint density at radius 2 is 1.76 bits per heavy atom. The number of rotatable bonds is 7. The lowest BCUT2D eigenvalue weighted by molar-refractivity contribution is 0.355. The maximum Gasteiger partial charge on any atom is 0.209 e. The van der Waals surface area contributed by atoms with Gasteiger partial charge in [0.2, 0.25) is 5.16 Å². The standard InChI is InChI=1S/C20H17ClN4O2S2/c1-26-16-8-5-13(9-17(16)27-2)19-22-15(10-28-19)11-29-20-23-18(24-25-20)12-3-6-14(21)7-4-12/h3-10H,11H2,1-2H3,(H,23,24,25). The number of thiazole rings is 1. The smallest absolute Gasteiger partial charge is 0.209 e. The molecule has 0 unspecified atom stereocenters. The highest BCUT2D eigenvalue weighted by atomic mass is 35.5. The molecule has 0 amide bonds. The Hall–Kier alpha value is -2.55. The van der Waals surface area contributed by atoms with Crippen molar-refractivity contribution in [1.82, 2.24) is 20.2 Å². The third-order valence-electron chi connectivity index (χ3n) is 4.11. The van der Waals surface area contributed by atoms with Crippen molar-refractivity contribution >= 4 is 34.7 Å². The van der Waals surface area contributed by atoms with Crippen molar-refractivity contribution in [2.24, 2.45) is 0 Å². The van der Waals surface area contributed by atoms with E-state index in [9.17, 15) is 0 Å². The van der Waals surface area contributed by atoms with Gasteiger partial charge in [0, 0.05) is 27.3 Å². The molecule has 4 rings (SSSR count). The van der Waals surface area contributed by atoms with Gasteiger partial charge in [-0.15, -0.1) is 16.4 Å². The summed E-state index contributed by atoms with van der Waals surface area (Å²) in [5.74, 6) is 2.78. The van der Waals surface area contributed by atoms with E-state index in [1.54, 1.807) is 25.6 Å². The molecule has 0 radical (unpaired) electrons. The van der Waals surface area contributed by atoms with E-state index in [4.69, 9.17) is 26.1 Å². The van der Waals surface area contributed by atoms with E-state index in [2.05, 4.69) is 15.2 Å². The molecule has 4 aromatic rings. The Labute approximate surface area is 181 Å². The lowest BCUT2D eigenvalue weighted by Gasteiger charge is -2.08. The number of halogens is 1. The van der Waals surface area contributed by atoms with Crippen molar-refractivity contribution in [3.8, 4) is 33.5 Å². The third-order valence-corrected chi connectivity index (χ3v) is 6.19. The van der Waals surface area contributed by atoms with Crippen molar-refractivity contribution in [2.45, 2.75) is 10.9 Å². The molecule has 0 saturated heterocycles. The molecular formula is C20H17ClN4O2S2. The number of benzene rings is 2. The van der Waals surface area contributed by atoms with E-state index < -0.39 is 0 Å². The van der Waals surface area contributed by atoms with Crippen LogP contribution >= 0.6 is 34.7 Å². The van der Waals surface area contributed by atoms with Crippen LogP contribution in [-0.4, -0.2) is 34.4 Å². The molecule has 0 bridgehead atoms. The van der Waals surface area contributed by atoms with Crippen molar-refractivity contribution in [1.29, 1.82) is 0 Å². The Morgan fingerprint density at radius 3 is 2.52 bits per heavy atom. The second-order valence-corrected chi connectivity index (χ2v) is 8.21. The van der Waals surface area contributed by atoms with Crippen LogP contribution in [0.2, 0.25) is 5.02 Å². The summed E-state index contributed by atoms with van der Waals surface area (Å²) in [4.78, 5) is 9.25. The lowest BCUT2D eigenvalue weighted by Crippen LogP contribution is -1.91. The minimum Gasteiger partial charge on any atom is -0.493 e. The topological polar surface area (TPSA) is 72.9 Å². The van der Waals surface area contributed by atoms with Gasteiger partial charge in [-0.25, -0.2) is 9.97 Å². The zero-order chi connectivity index (χ0) is 20.2. The number of nitrogens with zero attached hydrogens (tertiary/aromatic N) is 3. The van der Waals surface area contributed by atoms with Gasteiger partial charge in [0.05, 0.1) is 19.9 Å². The van der Waals surface area contributed by atoms with Crippen LogP contribution in [0.25, 0.3) is 22.0 Å². The molecule has 0 aliphatic rings. The number of thioether (sulfide) groups is 1. The zero-order valence-electron chi connectivity index (χ0n) is 15.7. The first-order chi connectivity index (χ1) is 14.2. The molecule has 0 aliphatic carbocycles. The first kappa shape index (κ1) is 19.8. The normalized spacial score (nSPS) is 10.9. The Balaban J connectivity index is 1.43. The van der Waals surface area contributed by atoms with Crippen LogP contribution in [-0.2, 0) is 5.75 Å². The Kier molecular flexibility index (Phi) is 6.03. The molecule has 0 fully saturated rings. The van der Waals surface area contributed by atoms with E-state index in [1.165, 1.54) is 11.8 Å². The van der Waals surface area contributed by atoms with Crippen LogP contribution in [0.5, 0.6) is 11.5 Å². The van der Waals surface area contributed by atoms with E-state index in [0.29, 0.717) is 33.3 Å². The van der Waals surface area contributed by atoms with Gasteiger partial charge in [0.25, 0.3) is 0 Å². The molecule has 0 atom stereocenters. The number of nitrogens with one attached hydrogen (secondary N) is 1. The minimum absolute atomic E-state index is 0.676. The summed E-state index contributed by atoms with van der Waals surface area (Å²) in [6, 6.07) is 13.3. The summed E-state index contributed by atoms with van der Waals surface area (Å²) in [6.45, 7) is 0. The van der Waals surface area contributed by atoms with Crippen LogP contribution in [0.3, 0.4) is 0 Å². The largest absolute Gasteiger partial charge is 0.493 e. The number of methoxy groups -OCH3 is 2. The number of H-pyrrole nitrogens is 1. The quantitative estimate of drug-likeness (QED) is 0.376. The summed E-state index contributed by atoms with van der Waals surface area (Å²) in [5.41, 5.74) is 2.91. The molecule has 0 saturated carbocycles. The summed E-state index contributed by atoms with van der Waals surface area (Å²) >= 11 is 9.06. The Bertz CT molecular complexity index is 1110. The van der Waals surface area contributed by atoms with Gasteiger partial charge in [0.15, 0.2) is 17.3 Å². The summed E-state index contributed by atoms with van der Waals surface area (Å²) in [7, 11) is 3.25. The second kappa shape index (κ2) is 8.86. The fourth-order valence-corrected chi connectivity index (χ4v) is 4.40. The fourth-order valence-electron chi connectivity index (χ4n) is 2.66. The predicted molar refractivity (Wildman–Crippen MR) is 117 cm³/mol. The molecule has 0 spiro atoms. The Morgan fingerprint density at radius 1 is 1.00 bits per heavy atom. The molecule has 2 heterocycles. The van der Waals surface area contributed by atoms with Crippen molar-refractivity contribution in [3.63, 3.8) is 0 Å². The summed E-state index contributed by atoms with van der Waals surface area (Å²) < 4.78 is 10.7. The second-order valence-electron chi connectivity index (χ2n) is 5.98. The van der Waals surface area contributed by atoms with Gasteiger partial charge in [-0.2, -0.15) is 0 Å². The van der Waals surface area contributed by atoms with Gasteiger partial charge >= 0.3 is 0 Å². The highest BCUT2D eigenvalue weighted by Gasteiger charge is 2.11. The number of hydrogen-bond acceptors (Lipinski definition) is 7. The average Bonchev–Trinajstić information content (AvgIpc) is 3.42. The molecule has 1 N–H and O–H groups in total. The van der Waals surface area contributed by atoms with E-state index >= 15 is 0 Å². The third kappa shape index (κ3) is 4.55. The molecular weight excluding hydrogens is 428 g/mol. The van der Waals surface area contributed by atoms with Crippen molar-refractivity contribution < 1.29 is 9.47 Å². The molecule has 6 nitrogen and oxygen atoms in total. The van der Waals surface area contributed by atoms with Gasteiger partial charge in [-0.3, -0.25) is 5.10 Å². The summed E-state index contributed by atoms with van der Waals surface area (Å²) in [5, 5.41) is 11.6. The van der Waals surface area contributed by atoms with Crippen LogP contribution in [0.15, 0.2) is 53.0 Å². The first-order valence-electron chi connectivity index (χ1n) is 8.64. The van der Waals surface area contributed by atoms with E-state index in [0.717, 1.165) is 21.8 Å². The minimum atomic E-state index is 0.676. The molecule has 2 aromatic heterocycles. The molecule has 0 aliphatic heterocycles. The van der Waals surface area contributed by atoms with Crippen molar-refractivity contribution in [2.75, 3.05) is 14.2 Å². The SMILES string of the molecule is COc1ccc(-c2nc(CSc3n[nH]c(-c4ccc(Cl)cc4)n3)cs2)cc1OC. The number of ether oxygens (including phenoxy) is 2. The first-order valence-corrected chi connectivity index (χ1v) is 10.9. The predicted octanol–water partition coefficient (Wildman–Crippen LogP) is 5.56. The maximum absolute atomic E-state index is 5.93. The monoisotopic (exact) mass is 444 g/mol. The fraction of sp³-hybridized carbons (Fsp3) is 0.150. The van der Waals surface area contributed by atoms with Crippen LogP contribution < -0.4 is 9.47 Å². The van der Waals surface area contributed by atoms with E-state index in [-0.39, 0.29) is 0 Å². The van der Waals surface area contributed by atoms with E-state index in [1.807, 2.05) is 47.8 Å². The maximum atomic E-state index is 5.93. The molecule has 29 heavy (non-hydrogen) atoms. The van der Waals surface area contributed by atoms with Crippen molar-refractivity contribution in [3.05, 3.63) is 58.6 Å². The lowest BCUT2D eigenvalue weighted by atomic mass is 10.2. The zero-order valence-corrected chi connectivity index (χ0v) is 18.1. The molecule has 2 aromatic carbocycles. The van der Waals surface area contributed by atoms with Gasteiger partial charge in [-0.05, 0) is 42.5 Å². The highest BCUT2D eigenvalue weighted by molar-refractivity contribution is 7.98. The molecule has 148 valence electrons. The number of aromatic amines is 1. The highest BCUT2D eigenvalue weighted by Crippen LogP contribution is 2.34.